The molecule has 0 radical (unpaired) electrons. The first-order valence-corrected chi connectivity index (χ1v) is 9.28. The van der Waals surface area contributed by atoms with Gasteiger partial charge in [-0.25, -0.2) is 20.2 Å². The number of carbonyl (C=O) groups is 2. The van der Waals surface area contributed by atoms with Crippen LogP contribution in [0.5, 0.6) is 5.75 Å². The van der Waals surface area contributed by atoms with Gasteiger partial charge in [0.05, 0.1) is 17.5 Å². The Kier molecular flexibility index (Phi) is 6.86. The topological polar surface area (TPSA) is 93.5 Å². The Morgan fingerprint density at radius 3 is 2.43 bits per heavy atom. The van der Waals surface area contributed by atoms with Crippen LogP contribution in [0.15, 0.2) is 83.3 Å². The molecule has 0 aliphatic heterocycles. The predicted octanol–water partition coefficient (Wildman–Crippen LogP) is 2.94. The summed E-state index contributed by atoms with van der Waals surface area (Å²) in [5.74, 6) is -0.0963. The highest BCUT2D eigenvalue weighted by Crippen LogP contribution is 2.14. The van der Waals surface area contributed by atoms with Crippen LogP contribution in [0.3, 0.4) is 0 Å². The van der Waals surface area contributed by atoms with Gasteiger partial charge in [-0.2, -0.15) is 5.10 Å². The summed E-state index contributed by atoms with van der Waals surface area (Å²) in [7, 11) is 0. The SMILES string of the molecule is O=C(CSc1ncccn1)N/N=C/c1ccc(OC(=O)c2ccccc2)cc1. The molecule has 2 aromatic carbocycles. The average molecular weight is 392 g/mol. The predicted molar refractivity (Wildman–Crippen MR) is 106 cm³/mol. The molecule has 1 heterocycles. The maximum absolute atomic E-state index is 12.0. The lowest BCUT2D eigenvalue weighted by molar-refractivity contribution is -0.118. The van der Waals surface area contributed by atoms with E-state index >= 15 is 0 Å². The molecule has 0 aliphatic carbocycles. The van der Waals surface area contributed by atoms with Crippen molar-refractivity contribution in [1.29, 1.82) is 0 Å². The van der Waals surface area contributed by atoms with E-state index in [4.69, 9.17) is 4.74 Å². The summed E-state index contributed by atoms with van der Waals surface area (Å²) in [4.78, 5) is 31.8. The molecule has 1 aromatic heterocycles. The van der Waals surface area contributed by atoms with Gasteiger partial charge in [-0.15, -0.1) is 0 Å². The Morgan fingerprint density at radius 2 is 1.71 bits per heavy atom. The number of rotatable bonds is 7. The lowest BCUT2D eigenvalue weighted by Gasteiger charge is -2.04. The number of esters is 1. The monoisotopic (exact) mass is 392 g/mol. The number of hydrogen-bond acceptors (Lipinski definition) is 7. The summed E-state index contributed by atoms with van der Waals surface area (Å²) >= 11 is 1.22. The van der Waals surface area contributed by atoms with Crippen LogP contribution in [0.25, 0.3) is 0 Å². The van der Waals surface area contributed by atoms with Gasteiger partial charge < -0.3 is 4.74 Å². The van der Waals surface area contributed by atoms with Crippen molar-refractivity contribution in [3.05, 3.63) is 84.2 Å². The molecule has 1 N–H and O–H groups in total. The Labute approximate surface area is 165 Å². The second-order valence-electron chi connectivity index (χ2n) is 5.44. The van der Waals surface area contributed by atoms with Gasteiger partial charge in [-0.05, 0) is 48.0 Å². The molecule has 0 bridgehead atoms. The van der Waals surface area contributed by atoms with Crippen LogP contribution in [0.1, 0.15) is 15.9 Å². The zero-order chi connectivity index (χ0) is 19.6. The van der Waals surface area contributed by atoms with Crippen molar-refractivity contribution in [2.75, 3.05) is 5.75 Å². The smallest absolute Gasteiger partial charge is 0.343 e. The number of carbonyl (C=O) groups excluding carboxylic acids is 2. The van der Waals surface area contributed by atoms with Crippen molar-refractivity contribution in [1.82, 2.24) is 15.4 Å². The van der Waals surface area contributed by atoms with Crippen LogP contribution >= 0.6 is 11.8 Å². The summed E-state index contributed by atoms with van der Waals surface area (Å²) in [5.41, 5.74) is 3.67. The molecule has 0 atom stereocenters. The van der Waals surface area contributed by atoms with Gasteiger partial charge in [-0.1, -0.05) is 30.0 Å². The van der Waals surface area contributed by atoms with Crippen molar-refractivity contribution < 1.29 is 14.3 Å². The van der Waals surface area contributed by atoms with Gasteiger partial charge in [0.1, 0.15) is 5.75 Å². The Bertz CT molecular complexity index is 948. The average Bonchev–Trinajstić information content (AvgIpc) is 2.75. The highest BCUT2D eigenvalue weighted by atomic mass is 32.2. The van der Waals surface area contributed by atoms with E-state index in [0.717, 1.165) is 5.56 Å². The van der Waals surface area contributed by atoms with E-state index in [2.05, 4.69) is 20.5 Å². The molecule has 7 nitrogen and oxygen atoms in total. The van der Waals surface area contributed by atoms with E-state index in [0.29, 0.717) is 16.5 Å². The number of hydrogen-bond donors (Lipinski definition) is 1. The molecule has 0 aliphatic rings. The second-order valence-corrected chi connectivity index (χ2v) is 6.38. The number of nitrogens with zero attached hydrogens (tertiary/aromatic N) is 3. The number of aromatic nitrogens is 2. The first kappa shape index (κ1) is 19.2. The Morgan fingerprint density at radius 1 is 1.00 bits per heavy atom. The molecular formula is C20H16N4O3S. The van der Waals surface area contributed by atoms with Gasteiger partial charge >= 0.3 is 5.97 Å². The van der Waals surface area contributed by atoms with Crippen LogP contribution in [0, 0.1) is 0 Å². The Hall–Kier alpha value is -3.52. The Balaban J connectivity index is 1.46. The van der Waals surface area contributed by atoms with Crippen molar-refractivity contribution in [2.45, 2.75) is 5.16 Å². The molecule has 0 unspecified atom stereocenters. The third-order valence-electron chi connectivity index (χ3n) is 3.38. The molecule has 0 saturated heterocycles. The number of hydrazone groups is 1. The highest BCUT2D eigenvalue weighted by molar-refractivity contribution is 7.99. The zero-order valence-corrected chi connectivity index (χ0v) is 15.5. The summed E-state index contributed by atoms with van der Waals surface area (Å²) < 4.78 is 5.30. The minimum absolute atomic E-state index is 0.162. The molecule has 3 aromatic rings. The fourth-order valence-electron chi connectivity index (χ4n) is 2.06. The third-order valence-corrected chi connectivity index (χ3v) is 4.25. The van der Waals surface area contributed by atoms with Crippen LogP contribution in [0.4, 0.5) is 0 Å². The van der Waals surface area contributed by atoms with Crippen molar-refractivity contribution in [3.63, 3.8) is 0 Å². The number of benzene rings is 2. The lowest BCUT2D eigenvalue weighted by Crippen LogP contribution is -2.19. The third kappa shape index (κ3) is 6.03. The molecule has 3 rings (SSSR count). The normalized spacial score (nSPS) is 10.6. The van der Waals surface area contributed by atoms with Gasteiger partial charge in [0.2, 0.25) is 0 Å². The van der Waals surface area contributed by atoms with Crippen LogP contribution in [-0.2, 0) is 4.79 Å². The number of amides is 1. The minimum Gasteiger partial charge on any atom is -0.423 e. The summed E-state index contributed by atoms with van der Waals surface area (Å²) in [6, 6.07) is 17.2. The standard InChI is InChI=1S/C20H16N4O3S/c25-18(14-28-20-21-11-4-12-22-20)24-23-13-15-7-9-17(10-8-15)27-19(26)16-5-2-1-3-6-16/h1-13H,14H2,(H,24,25)/b23-13+. The molecule has 0 fully saturated rings. The second kappa shape index (κ2) is 9.98. The summed E-state index contributed by atoms with van der Waals surface area (Å²) in [5, 5.41) is 4.44. The molecule has 0 spiro atoms. The molecule has 140 valence electrons. The maximum Gasteiger partial charge on any atom is 0.343 e. The fraction of sp³-hybridized carbons (Fsp3) is 0.0500. The summed E-state index contributed by atoms with van der Waals surface area (Å²) in [6.45, 7) is 0. The van der Waals surface area contributed by atoms with E-state index in [1.54, 1.807) is 67.0 Å². The van der Waals surface area contributed by atoms with E-state index in [9.17, 15) is 9.59 Å². The van der Waals surface area contributed by atoms with E-state index in [1.807, 2.05) is 6.07 Å². The fourth-order valence-corrected chi connectivity index (χ4v) is 2.66. The number of ether oxygens (including phenoxy) is 1. The van der Waals surface area contributed by atoms with E-state index < -0.39 is 5.97 Å². The van der Waals surface area contributed by atoms with Crippen LogP contribution < -0.4 is 10.2 Å². The van der Waals surface area contributed by atoms with Crippen LogP contribution in [0.2, 0.25) is 0 Å². The highest BCUT2D eigenvalue weighted by Gasteiger charge is 2.07. The molecular weight excluding hydrogens is 376 g/mol. The maximum atomic E-state index is 12.0. The quantitative estimate of drug-likeness (QED) is 0.166. The van der Waals surface area contributed by atoms with Crippen LogP contribution in [-0.4, -0.2) is 33.8 Å². The molecule has 28 heavy (non-hydrogen) atoms. The van der Waals surface area contributed by atoms with Crippen molar-refractivity contribution >= 4 is 29.9 Å². The van der Waals surface area contributed by atoms with E-state index in [-0.39, 0.29) is 11.7 Å². The first-order valence-electron chi connectivity index (χ1n) is 8.30. The number of nitrogens with one attached hydrogen (secondary N) is 1. The zero-order valence-electron chi connectivity index (χ0n) is 14.7. The number of thioether (sulfide) groups is 1. The molecule has 0 saturated carbocycles. The summed E-state index contributed by atoms with van der Waals surface area (Å²) in [6.07, 6.45) is 4.74. The van der Waals surface area contributed by atoms with Crippen molar-refractivity contribution in [2.24, 2.45) is 5.10 Å². The van der Waals surface area contributed by atoms with Crippen molar-refractivity contribution in [3.8, 4) is 5.75 Å². The first-order chi connectivity index (χ1) is 13.7. The van der Waals surface area contributed by atoms with Gasteiger partial charge in [0.15, 0.2) is 5.16 Å². The lowest BCUT2D eigenvalue weighted by atomic mass is 10.2. The van der Waals surface area contributed by atoms with Gasteiger partial charge in [0.25, 0.3) is 5.91 Å². The van der Waals surface area contributed by atoms with E-state index in [1.165, 1.54) is 18.0 Å². The van der Waals surface area contributed by atoms with Gasteiger partial charge in [0, 0.05) is 12.4 Å². The van der Waals surface area contributed by atoms with Gasteiger partial charge in [-0.3, -0.25) is 4.79 Å². The minimum atomic E-state index is -0.422. The molecule has 1 amide bonds. The molecule has 8 heteroatoms. The largest absolute Gasteiger partial charge is 0.423 e.